The van der Waals surface area contributed by atoms with Crippen molar-refractivity contribution in [1.29, 1.82) is 0 Å². The Bertz CT molecular complexity index is 761. The lowest BCUT2D eigenvalue weighted by Gasteiger charge is -2.30. The molecular weight excluding hydrogens is 316 g/mol. The lowest BCUT2D eigenvalue weighted by atomic mass is 9.98. The lowest BCUT2D eigenvalue weighted by molar-refractivity contribution is -0.255. The third-order valence-electron chi connectivity index (χ3n) is 4.54. The van der Waals surface area contributed by atoms with Crippen LogP contribution in [0, 0.1) is 5.92 Å². The van der Waals surface area contributed by atoms with Crippen LogP contribution < -0.4 is 5.11 Å². The van der Waals surface area contributed by atoms with E-state index in [1.807, 2.05) is 4.90 Å². The minimum absolute atomic E-state index is 0.0397. The van der Waals surface area contributed by atoms with Crippen LogP contribution in [0.15, 0.2) is 18.2 Å². The molecular formula is C17H18ClN2O3-. The summed E-state index contributed by atoms with van der Waals surface area (Å²) in [6, 6.07) is 5.07. The predicted octanol–water partition coefficient (Wildman–Crippen LogP) is 1.99. The molecule has 2 heterocycles. The number of aromatic carboxylic acids is 1. The van der Waals surface area contributed by atoms with Crippen molar-refractivity contribution < 1.29 is 14.7 Å². The van der Waals surface area contributed by atoms with Gasteiger partial charge in [0.15, 0.2) is 0 Å². The molecule has 0 bridgehead atoms. The third-order valence-corrected chi connectivity index (χ3v) is 4.77. The van der Waals surface area contributed by atoms with Crippen LogP contribution in [0.3, 0.4) is 0 Å². The number of piperidine rings is 1. The number of hydrogen-bond acceptors (Lipinski definition) is 3. The van der Waals surface area contributed by atoms with Gasteiger partial charge >= 0.3 is 0 Å². The number of nitrogens with zero attached hydrogens (tertiary/aromatic N) is 1. The Kier molecular flexibility index (Phi) is 4.31. The zero-order valence-electron chi connectivity index (χ0n) is 12.9. The first kappa shape index (κ1) is 15.9. The van der Waals surface area contributed by atoms with E-state index < -0.39 is 5.97 Å². The second-order valence-electron chi connectivity index (χ2n) is 6.20. The van der Waals surface area contributed by atoms with E-state index in [0.29, 0.717) is 27.4 Å². The summed E-state index contributed by atoms with van der Waals surface area (Å²) in [6.07, 6.45) is 2.01. The number of H-pyrrole nitrogens is 1. The molecule has 1 aliphatic rings. The molecule has 1 aromatic carbocycles. The number of carbonyl (C=O) groups excluding carboxylic acids is 2. The van der Waals surface area contributed by atoms with Crippen LogP contribution in [0.25, 0.3) is 10.9 Å². The highest BCUT2D eigenvalue weighted by Gasteiger charge is 2.23. The molecule has 0 saturated carbocycles. The SMILES string of the molecule is CC1CCN(C(=O)Cc2c(C(=O)[O-])[nH]c3ccc(Cl)cc23)CC1. The molecule has 122 valence electrons. The number of carbonyl (C=O) groups is 2. The molecule has 2 aromatic rings. The number of rotatable bonds is 3. The summed E-state index contributed by atoms with van der Waals surface area (Å²) >= 11 is 6.01. The number of likely N-dealkylation sites (tertiary alicyclic amines) is 1. The monoisotopic (exact) mass is 333 g/mol. The summed E-state index contributed by atoms with van der Waals surface area (Å²) in [7, 11) is 0. The molecule has 3 rings (SSSR count). The van der Waals surface area contributed by atoms with Gasteiger partial charge in [0.25, 0.3) is 0 Å². The average Bonchev–Trinajstić information content (AvgIpc) is 2.86. The molecule has 1 fully saturated rings. The first-order valence-electron chi connectivity index (χ1n) is 7.75. The minimum Gasteiger partial charge on any atom is -0.543 e. The zero-order chi connectivity index (χ0) is 16.6. The summed E-state index contributed by atoms with van der Waals surface area (Å²) in [5.74, 6) is -0.739. The Morgan fingerprint density at radius 2 is 2.04 bits per heavy atom. The second kappa shape index (κ2) is 6.24. The highest BCUT2D eigenvalue weighted by molar-refractivity contribution is 6.31. The smallest absolute Gasteiger partial charge is 0.227 e. The van der Waals surface area contributed by atoms with Gasteiger partial charge in [-0.3, -0.25) is 4.79 Å². The Labute approximate surface area is 139 Å². The number of aromatic nitrogens is 1. The number of carboxylic acid groups (broad SMARTS) is 1. The molecule has 5 nitrogen and oxygen atoms in total. The summed E-state index contributed by atoms with van der Waals surface area (Å²) in [5, 5.41) is 12.5. The van der Waals surface area contributed by atoms with Crippen LogP contribution >= 0.6 is 11.6 Å². The molecule has 1 N–H and O–H groups in total. The van der Waals surface area contributed by atoms with Gasteiger partial charge in [0, 0.05) is 29.0 Å². The number of fused-ring (bicyclic) bond motifs is 1. The fraction of sp³-hybridized carbons (Fsp3) is 0.412. The van der Waals surface area contributed by atoms with Crippen molar-refractivity contribution in [1.82, 2.24) is 9.88 Å². The maximum absolute atomic E-state index is 12.5. The van der Waals surface area contributed by atoms with E-state index in [9.17, 15) is 14.7 Å². The van der Waals surface area contributed by atoms with E-state index in [1.54, 1.807) is 18.2 Å². The van der Waals surface area contributed by atoms with Gasteiger partial charge in [0.05, 0.1) is 18.1 Å². The highest BCUT2D eigenvalue weighted by Crippen LogP contribution is 2.27. The molecule has 0 spiro atoms. The van der Waals surface area contributed by atoms with Gasteiger partial charge in [-0.25, -0.2) is 0 Å². The number of halogens is 1. The predicted molar refractivity (Wildman–Crippen MR) is 86.3 cm³/mol. The number of amides is 1. The molecule has 0 atom stereocenters. The number of nitrogens with one attached hydrogen (secondary N) is 1. The van der Waals surface area contributed by atoms with Crippen molar-refractivity contribution >= 4 is 34.4 Å². The standard InChI is InChI=1S/C17H19ClN2O3/c1-10-4-6-20(7-5-10)15(21)9-13-12-8-11(18)2-3-14(12)19-16(13)17(22)23/h2-3,8,10,19H,4-7,9H2,1H3,(H,22,23)/p-1. The number of aromatic amines is 1. The van der Waals surface area contributed by atoms with Gasteiger partial charge in [-0.15, -0.1) is 0 Å². The maximum atomic E-state index is 12.5. The van der Waals surface area contributed by atoms with E-state index in [2.05, 4.69) is 11.9 Å². The average molecular weight is 334 g/mol. The van der Waals surface area contributed by atoms with Gasteiger partial charge in [-0.2, -0.15) is 0 Å². The first-order chi connectivity index (χ1) is 11.0. The molecule has 1 aromatic heterocycles. The normalized spacial score (nSPS) is 16.0. The maximum Gasteiger partial charge on any atom is 0.227 e. The fourth-order valence-corrected chi connectivity index (χ4v) is 3.27. The summed E-state index contributed by atoms with van der Waals surface area (Å²) < 4.78 is 0. The van der Waals surface area contributed by atoms with E-state index in [0.717, 1.165) is 25.9 Å². The van der Waals surface area contributed by atoms with Gasteiger partial charge in [0.1, 0.15) is 0 Å². The number of benzene rings is 1. The Hall–Kier alpha value is -2.01. The Morgan fingerprint density at radius 1 is 1.35 bits per heavy atom. The number of hydrogen-bond donors (Lipinski definition) is 1. The first-order valence-corrected chi connectivity index (χ1v) is 8.12. The van der Waals surface area contributed by atoms with Crippen molar-refractivity contribution in [3.63, 3.8) is 0 Å². The van der Waals surface area contributed by atoms with Crippen LogP contribution in [0.2, 0.25) is 5.02 Å². The minimum atomic E-state index is -1.31. The summed E-state index contributed by atoms with van der Waals surface area (Å²) in [4.78, 5) is 28.5. The van der Waals surface area contributed by atoms with Gasteiger partial charge in [-0.05, 0) is 42.5 Å². The third kappa shape index (κ3) is 3.20. The van der Waals surface area contributed by atoms with Crippen molar-refractivity contribution in [2.45, 2.75) is 26.2 Å². The van der Waals surface area contributed by atoms with E-state index in [4.69, 9.17) is 11.6 Å². The van der Waals surface area contributed by atoms with Gasteiger partial charge in [-0.1, -0.05) is 18.5 Å². The van der Waals surface area contributed by atoms with Gasteiger partial charge in [0.2, 0.25) is 5.91 Å². The highest BCUT2D eigenvalue weighted by atomic mass is 35.5. The molecule has 1 aliphatic heterocycles. The molecule has 23 heavy (non-hydrogen) atoms. The van der Waals surface area contributed by atoms with Crippen molar-refractivity contribution in [3.8, 4) is 0 Å². The van der Waals surface area contributed by atoms with Crippen LogP contribution in [-0.2, 0) is 11.2 Å². The zero-order valence-corrected chi connectivity index (χ0v) is 13.7. The van der Waals surface area contributed by atoms with Gasteiger partial charge < -0.3 is 19.8 Å². The Morgan fingerprint density at radius 3 is 2.70 bits per heavy atom. The van der Waals surface area contributed by atoms with Crippen molar-refractivity contribution in [2.75, 3.05) is 13.1 Å². The van der Waals surface area contributed by atoms with Crippen molar-refractivity contribution in [3.05, 3.63) is 34.5 Å². The molecule has 0 radical (unpaired) electrons. The van der Waals surface area contributed by atoms with Crippen LogP contribution in [0.4, 0.5) is 0 Å². The van der Waals surface area contributed by atoms with E-state index in [1.165, 1.54) is 0 Å². The van der Waals surface area contributed by atoms with Crippen molar-refractivity contribution in [2.24, 2.45) is 5.92 Å². The summed E-state index contributed by atoms with van der Waals surface area (Å²) in [5.41, 5.74) is 1.05. The molecule has 1 saturated heterocycles. The van der Waals surface area contributed by atoms with E-state index >= 15 is 0 Å². The molecule has 0 unspecified atom stereocenters. The van der Waals surface area contributed by atoms with Crippen LogP contribution in [-0.4, -0.2) is 34.8 Å². The van der Waals surface area contributed by atoms with Crippen LogP contribution in [0.5, 0.6) is 0 Å². The largest absolute Gasteiger partial charge is 0.543 e. The Balaban J connectivity index is 1.92. The lowest BCUT2D eigenvalue weighted by Crippen LogP contribution is -2.39. The molecule has 1 amide bonds. The summed E-state index contributed by atoms with van der Waals surface area (Å²) in [6.45, 7) is 3.63. The fourth-order valence-electron chi connectivity index (χ4n) is 3.10. The van der Waals surface area contributed by atoms with Crippen LogP contribution in [0.1, 0.15) is 35.8 Å². The second-order valence-corrected chi connectivity index (χ2v) is 6.63. The number of carboxylic acids is 1. The quantitative estimate of drug-likeness (QED) is 0.933. The molecule has 6 heteroatoms. The topological polar surface area (TPSA) is 76.2 Å². The van der Waals surface area contributed by atoms with E-state index in [-0.39, 0.29) is 18.0 Å². The molecule has 0 aliphatic carbocycles.